The van der Waals surface area contributed by atoms with Crippen LogP contribution in [0.15, 0.2) is 36.4 Å². The van der Waals surface area contributed by atoms with Gasteiger partial charge in [0.15, 0.2) is 0 Å². The summed E-state index contributed by atoms with van der Waals surface area (Å²) in [5, 5.41) is 5.96. The van der Waals surface area contributed by atoms with Gasteiger partial charge in [0.2, 0.25) is 5.91 Å². The Morgan fingerprint density at radius 1 is 1.21 bits per heavy atom. The number of nitrogens with zero attached hydrogens (tertiary/aromatic N) is 2. The lowest BCUT2D eigenvalue weighted by Gasteiger charge is -2.24. The van der Waals surface area contributed by atoms with Crippen molar-refractivity contribution in [2.75, 3.05) is 39.3 Å². The topological polar surface area (TPSA) is 91.0 Å². The van der Waals surface area contributed by atoms with E-state index in [4.69, 9.17) is 4.74 Å². The zero-order valence-corrected chi connectivity index (χ0v) is 17.0. The lowest BCUT2D eigenvalue weighted by Crippen LogP contribution is -2.45. The van der Waals surface area contributed by atoms with Crippen molar-refractivity contribution in [1.29, 1.82) is 0 Å². The van der Waals surface area contributed by atoms with Crippen LogP contribution in [0.5, 0.6) is 5.75 Å². The Hall–Kier alpha value is -2.87. The summed E-state index contributed by atoms with van der Waals surface area (Å²) in [4.78, 5) is 40.8. The van der Waals surface area contributed by atoms with Crippen molar-refractivity contribution in [2.24, 2.45) is 0 Å². The van der Waals surface area contributed by atoms with Gasteiger partial charge in [0, 0.05) is 19.6 Å². The minimum atomic E-state index is -1.22. The summed E-state index contributed by atoms with van der Waals surface area (Å²) < 4.78 is 5.58. The molecule has 1 aromatic carbocycles. The van der Waals surface area contributed by atoms with Crippen LogP contribution in [0, 0.1) is 0 Å². The van der Waals surface area contributed by atoms with Gasteiger partial charge in [-0.15, -0.1) is 0 Å². The van der Waals surface area contributed by atoms with Gasteiger partial charge in [-0.3, -0.25) is 14.5 Å². The maximum atomic E-state index is 13.0. The van der Waals surface area contributed by atoms with E-state index in [1.165, 1.54) is 0 Å². The zero-order chi connectivity index (χ0) is 21.0. The van der Waals surface area contributed by atoms with Crippen molar-refractivity contribution in [3.8, 4) is 5.75 Å². The van der Waals surface area contributed by atoms with Crippen LogP contribution in [-0.4, -0.2) is 67.0 Å². The molecule has 0 aromatic heterocycles. The van der Waals surface area contributed by atoms with Crippen LogP contribution in [-0.2, 0) is 15.1 Å². The van der Waals surface area contributed by atoms with Gasteiger partial charge in [0.05, 0.1) is 0 Å². The van der Waals surface area contributed by atoms with Crippen LogP contribution in [0.25, 0.3) is 0 Å². The van der Waals surface area contributed by atoms with Crippen LogP contribution in [0.3, 0.4) is 0 Å². The molecule has 2 heterocycles. The third kappa shape index (κ3) is 4.59. The molecule has 0 saturated carbocycles. The molecule has 2 N–H and O–H groups in total. The first kappa shape index (κ1) is 20.9. The molecular formula is C21H28N4O4. The third-order valence-corrected chi connectivity index (χ3v) is 5.18. The molecule has 2 aliphatic rings. The number of hydrogen-bond acceptors (Lipinski definition) is 5. The molecule has 8 heteroatoms. The van der Waals surface area contributed by atoms with Crippen LogP contribution in [0.1, 0.15) is 25.8 Å². The molecule has 2 saturated heterocycles. The molecule has 8 nitrogen and oxygen atoms in total. The van der Waals surface area contributed by atoms with Crippen molar-refractivity contribution < 1.29 is 19.1 Å². The first-order chi connectivity index (χ1) is 13.8. The van der Waals surface area contributed by atoms with Crippen LogP contribution in [0.2, 0.25) is 0 Å². The van der Waals surface area contributed by atoms with Crippen LogP contribution < -0.4 is 15.4 Å². The molecule has 0 bridgehead atoms. The molecular weight excluding hydrogens is 372 g/mol. The second-order valence-electron chi connectivity index (χ2n) is 7.70. The number of rotatable bonds is 6. The highest BCUT2D eigenvalue weighted by Crippen LogP contribution is 2.30. The minimum absolute atomic E-state index is 0.218. The molecule has 1 unspecified atom stereocenters. The average Bonchev–Trinajstić information content (AvgIpc) is 2.91. The Balaban J connectivity index is 1.69. The number of carbonyl (C=O) groups is 3. The monoisotopic (exact) mass is 400 g/mol. The van der Waals surface area contributed by atoms with Crippen LogP contribution >= 0.6 is 0 Å². The Bertz CT molecular complexity index is 799. The molecule has 29 heavy (non-hydrogen) atoms. The Morgan fingerprint density at radius 2 is 1.93 bits per heavy atom. The van der Waals surface area contributed by atoms with Gasteiger partial charge >= 0.3 is 6.03 Å². The smallest absolute Gasteiger partial charge is 0.325 e. The molecule has 2 aliphatic heterocycles. The molecule has 2 fully saturated rings. The summed E-state index contributed by atoms with van der Waals surface area (Å²) in [6.45, 7) is 10.2. The SMILES string of the molecule is C=C(C)COc1ccc(C2(C)NC(=O)N(CC(=O)N3CCCNCC3)C2=O)cc1. The van der Waals surface area contributed by atoms with Crippen molar-refractivity contribution in [3.05, 3.63) is 42.0 Å². The molecule has 3 rings (SSSR count). The molecule has 1 aromatic rings. The van der Waals surface area contributed by atoms with E-state index in [1.807, 2.05) is 6.92 Å². The maximum Gasteiger partial charge on any atom is 0.325 e. The number of amides is 4. The molecule has 0 spiro atoms. The fourth-order valence-electron chi connectivity index (χ4n) is 3.46. The normalized spacial score (nSPS) is 22.3. The third-order valence-electron chi connectivity index (χ3n) is 5.18. The highest BCUT2D eigenvalue weighted by Gasteiger charge is 2.49. The largest absolute Gasteiger partial charge is 0.489 e. The van der Waals surface area contributed by atoms with Gasteiger partial charge in [-0.1, -0.05) is 18.7 Å². The fraction of sp³-hybridized carbons (Fsp3) is 0.476. The quantitative estimate of drug-likeness (QED) is 0.554. The van der Waals surface area contributed by atoms with Gasteiger partial charge in [0.25, 0.3) is 5.91 Å². The average molecular weight is 400 g/mol. The zero-order valence-electron chi connectivity index (χ0n) is 17.0. The number of carbonyl (C=O) groups excluding carboxylic acids is 3. The number of urea groups is 1. The molecule has 156 valence electrons. The predicted molar refractivity (Wildman–Crippen MR) is 108 cm³/mol. The lowest BCUT2D eigenvalue weighted by atomic mass is 9.92. The van der Waals surface area contributed by atoms with E-state index in [0.717, 1.165) is 23.4 Å². The summed E-state index contributed by atoms with van der Waals surface area (Å²) in [5.74, 6) is 0.00308. The van der Waals surface area contributed by atoms with E-state index < -0.39 is 17.5 Å². The number of benzene rings is 1. The first-order valence-electron chi connectivity index (χ1n) is 9.81. The predicted octanol–water partition coefficient (Wildman–Crippen LogP) is 1.23. The summed E-state index contributed by atoms with van der Waals surface area (Å²) in [5.41, 5.74) is 0.317. The van der Waals surface area contributed by atoms with E-state index in [-0.39, 0.29) is 12.5 Å². The van der Waals surface area contributed by atoms with Gasteiger partial charge in [-0.25, -0.2) is 4.79 Å². The standard InChI is InChI=1S/C21H28N4O4/c1-15(2)14-29-17-7-5-16(6-8-17)21(3)19(27)25(20(28)23-21)13-18(26)24-11-4-9-22-10-12-24/h5-8,22H,1,4,9-14H2,2-3H3,(H,23,28). The van der Waals surface area contributed by atoms with Crippen molar-refractivity contribution in [1.82, 2.24) is 20.4 Å². The number of hydrogen-bond donors (Lipinski definition) is 2. The number of imide groups is 1. The van der Waals surface area contributed by atoms with E-state index in [1.54, 1.807) is 36.1 Å². The maximum absolute atomic E-state index is 13.0. The first-order valence-corrected chi connectivity index (χ1v) is 9.81. The summed E-state index contributed by atoms with van der Waals surface area (Å²) in [6.07, 6.45) is 0.851. The molecule has 1 atom stereocenters. The van der Waals surface area contributed by atoms with Gasteiger partial charge in [-0.2, -0.15) is 0 Å². The summed E-state index contributed by atoms with van der Waals surface area (Å²) in [6, 6.07) is 6.44. The fourth-order valence-corrected chi connectivity index (χ4v) is 3.46. The van der Waals surface area contributed by atoms with Crippen molar-refractivity contribution >= 4 is 17.8 Å². The van der Waals surface area contributed by atoms with E-state index in [0.29, 0.717) is 37.6 Å². The number of ether oxygens (including phenoxy) is 1. The lowest BCUT2D eigenvalue weighted by molar-refractivity contribution is -0.138. The Morgan fingerprint density at radius 3 is 2.62 bits per heavy atom. The van der Waals surface area contributed by atoms with Gasteiger partial charge < -0.3 is 20.3 Å². The highest BCUT2D eigenvalue weighted by molar-refractivity contribution is 6.09. The molecule has 0 aliphatic carbocycles. The summed E-state index contributed by atoms with van der Waals surface area (Å²) >= 11 is 0. The van der Waals surface area contributed by atoms with E-state index in [2.05, 4.69) is 17.2 Å². The number of nitrogens with one attached hydrogen (secondary N) is 2. The second-order valence-corrected chi connectivity index (χ2v) is 7.70. The Kier molecular flexibility index (Phi) is 6.22. The van der Waals surface area contributed by atoms with Gasteiger partial charge in [0.1, 0.15) is 24.4 Å². The van der Waals surface area contributed by atoms with Gasteiger partial charge in [-0.05, 0) is 50.1 Å². The van der Waals surface area contributed by atoms with E-state index in [9.17, 15) is 14.4 Å². The minimum Gasteiger partial charge on any atom is -0.489 e. The molecule has 4 amide bonds. The van der Waals surface area contributed by atoms with E-state index >= 15 is 0 Å². The molecule has 0 radical (unpaired) electrons. The van der Waals surface area contributed by atoms with Crippen LogP contribution in [0.4, 0.5) is 4.79 Å². The van der Waals surface area contributed by atoms with Crippen molar-refractivity contribution in [3.63, 3.8) is 0 Å². The highest BCUT2D eigenvalue weighted by atomic mass is 16.5. The Labute approximate surface area is 170 Å². The van der Waals surface area contributed by atoms with Crippen molar-refractivity contribution in [2.45, 2.75) is 25.8 Å². The second kappa shape index (κ2) is 8.65. The summed E-state index contributed by atoms with van der Waals surface area (Å²) in [7, 11) is 0.